The molecule has 0 saturated heterocycles. The maximum absolute atomic E-state index is 10.8. The molecule has 0 aromatic heterocycles. The molecule has 0 aliphatic heterocycles. The van der Waals surface area contributed by atoms with Gasteiger partial charge in [0.15, 0.2) is 0 Å². The molecule has 1 aromatic rings. The topological polar surface area (TPSA) is 46.5 Å². The minimum Gasteiger partial charge on any atom is -0.492 e. The minimum atomic E-state index is -0.975. The Hall–Kier alpha value is -1.03. The lowest BCUT2D eigenvalue weighted by molar-refractivity contribution is 0.0692. The Morgan fingerprint density at radius 1 is 1.57 bits per heavy atom. The smallest absolute Gasteiger partial charge is 0.339 e. The first-order chi connectivity index (χ1) is 6.66. The highest BCUT2D eigenvalue weighted by Crippen LogP contribution is 2.29. The normalized spacial score (nSPS) is 9.86. The van der Waals surface area contributed by atoms with Gasteiger partial charge in [-0.2, -0.15) is 0 Å². The fourth-order valence-corrected chi connectivity index (χ4v) is 1.51. The van der Waals surface area contributed by atoms with E-state index in [9.17, 15) is 4.79 Å². The molecule has 0 radical (unpaired) electrons. The van der Waals surface area contributed by atoms with Crippen molar-refractivity contribution in [2.75, 3.05) is 6.61 Å². The molecular formula is C10H11BrO3. The van der Waals surface area contributed by atoms with Crippen molar-refractivity contribution in [2.24, 2.45) is 0 Å². The summed E-state index contributed by atoms with van der Waals surface area (Å²) in [6, 6.07) is 4.96. The van der Waals surface area contributed by atoms with E-state index >= 15 is 0 Å². The molecule has 14 heavy (non-hydrogen) atoms. The lowest BCUT2D eigenvalue weighted by Gasteiger charge is -2.09. The van der Waals surface area contributed by atoms with Crippen molar-refractivity contribution >= 4 is 21.9 Å². The Bertz CT molecular complexity index is 336. The van der Waals surface area contributed by atoms with Crippen LogP contribution in [-0.2, 0) is 0 Å². The number of hydrogen-bond donors (Lipinski definition) is 1. The van der Waals surface area contributed by atoms with Crippen molar-refractivity contribution in [1.82, 2.24) is 0 Å². The number of benzene rings is 1. The third kappa shape index (κ3) is 2.48. The largest absolute Gasteiger partial charge is 0.492 e. The number of ether oxygens (including phenoxy) is 1. The van der Waals surface area contributed by atoms with Gasteiger partial charge < -0.3 is 9.84 Å². The molecule has 0 amide bonds. The van der Waals surface area contributed by atoms with Gasteiger partial charge in [0.2, 0.25) is 0 Å². The Morgan fingerprint density at radius 3 is 2.86 bits per heavy atom. The van der Waals surface area contributed by atoms with Crippen molar-refractivity contribution in [3.63, 3.8) is 0 Å². The fraction of sp³-hybridized carbons (Fsp3) is 0.300. The van der Waals surface area contributed by atoms with Gasteiger partial charge in [0, 0.05) is 0 Å². The Labute approximate surface area is 90.8 Å². The second-order valence-corrected chi connectivity index (χ2v) is 3.62. The zero-order valence-electron chi connectivity index (χ0n) is 7.79. The summed E-state index contributed by atoms with van der Waals surface area (Å²) in [4.78, 5) is 10.8. The first-order valence-corrected chi connectivity index (χ1v) is 5.10. The maximum Gasteiger partial charge on any atom is 0.339 e. The molecule has 0 fully saturated rings. The van der Waals surface area contributed by atoms with E-state index in [1.807, 2.05) is 6.92 Å². The van der Waals surface area contributed by atoms with Gasteiger partial charge in [-0.05, 0) is 34.5 Å². The van der Waals surface area contributed by atoms with Gasteiger partial charge in [-0.25, -0.2) is 4.79 Å². The summed E-state index contributed by atoms with van der Waals surface area (Å²) >= 11 is 3.26. The summed E-state index contributed by atoms with van der Waals surface area (Å²) in [5, 5.41) is 8.89. The van der Waals surface area contributed by atoms with Crippen LogP contribution in [0.5, 0.6) is 5.75 Å². The molecule has 1 rings (SSSR count). The van der Waals surface area contributed by atoms with Crippen LogP contribution in [0.25, 0.3) is 0 Å². The van der Waals surface area contributed by atoms with Gasteiger partial charge in [-0.15, -0.1) is 0 Å². The molecule has 3 nitrogen and oxygen atoms in total. The van der Waals surface area contributed by atoms with Crippen molar-refractivity contribution in [3.8, 4) is 5.75 Å². The Balaban J connectivity index is 3.02. The molecule has 1 aromatic carbocycles. The van der Waals surface area contributed by atoms with Crippen LogP contribution in [0.4, 0.5) is 0 Å². The highest BCUT2D eigenvalue weighted by molar-refractivity contribution is 9.10. The van der Waals surface area contributed by atoms with Crippen LogP contribution in [0.15, 0.2) is 22.7 Å². The molecule has 0 bridgehead atoms. The van der Waals surface area contributed by atoms with Crippen LogP contribution in [0.2, 0.25) is 0 Å². The highest BCUT2D eigenvalue weighted by atomic mass is 79.9. The fourth-order valence-electron chi connectivity index (χ4n) is 1.03. The summed E-state index contributed by atoms with van der Waals surface area (Å²) in [7, 11) is 0. The molecular weight excluding hydrogens is 248 g/mol. The van der Waals surface area contributed by atoms with Gasteiger partial charge in [0.25, 0.3) is 0 Å². The third-order valence-corrected chi connectivity index (χ3v) is 2.27. The zero-order chi connectivity index (χ0) is 10.6. The van der Waals surface area contributed by atoms with Gasteiger partial charge >= 0.3 is 5.97 Å². The number of aromatic carboxylic acids is 1. The lowest BCUT2D eigenvalue weighted by atomic mass is 10.2. The van der Waals surface area contributed by atoms with E-state index < -0.39 is 5.97 Å². The van der Waals surface area contributed by atoms with Crippen LogP contribution in [0.1, 0.15) is 23.7 Å². The molecule has 0 aliphatic rings. The molecule has 76 valence electrons. The zero-order valence-corrected chi connectivity index (χ0v) is 9.37. The van der Waals surface area contributed by atoms with Crippen molar-refractivity contribution in [2.45, 2.75) is 13.3 Å². The number of carboxylic acids is 1. The van der Waals surface area contributed by atoms with Gasteiger partial charge in [0.05, 0.1) is 11.1 Å². The third-order valence-electron chi connectivity index (χ3n) is 1.65. The maximum atomic E-state index is 10.8. The number of para-hydroxylation sites is 1. The second-order valence-electron chi connectivity index (χ2n) is 2.77. The number of carboxylic acid groups (broad SMARTS) is 1. The molecule has 4 heteroatoms. The Kier molecular flexibility index (Phi) is 3.95. The van der Waals surface area contributed by atoms with Crippen LogP contribution in [-0.4, -0.2) is 17.7 Å². The molecule has 0 heterocycles. The van der Waals surface area contributed by atoms with Crippen molar-refractivity contribution < 1.29 is 14.6 Å². The van der Waals surface area contributed by atoms with Crippen LogP contribution < -0.4 is 4.74 Å². The van der Waals surface area contributed by atoms with Crippen LogP contribution in [0, 0.1) is 0 Å². The average Bonchev–Trinajstić information content (AvgIpc) is 2.15. The summed E-state index contributed by atoms with van der Waals surface area (Å²) in [6.45, 7) is 2.49. The standard InChI is InChI=1S/C10H11BrO3/c1-2-6-14-9-7(10(12)13)4-3-5-8(9)11/h3-5H,2,6H2,1H3,(H,12,13). The van der Waals surface area contributed by atoms with Crippen LogP contribution >= 0.6 is 15.9 Å². The van der Waals surface area contributed by atoms with E-state index in [0.29, 0.717) is 16.8 Å². The summed E-state index contributed by atoms with van der Waals surface area (Å²) in [6.07, 6.45) is 0.848. The van der Waals surface area contributed by atoms with Gasteiger partial charge in [0.1, 0.15) is 11.3 Å². The summed E-state index contributed by atoms with van der Waals surface area (Å²) in [5.41, 5.74) is 0.188. The molecule has 1 N–H and O–H groups in total. The quantitative estimate of drug-likeness (QED) is 0.904. The van der Waals surface area contributed by atoms with Gasteiger partial charge in [-0.1, -0.05) is 13.0 Å². The summed E-state index contributed by atoms with van der Waals surface area (Å²) in [5.74, 6) is -0.570. The van der Waals surface area contributed by atoms with Gasteiger partial charge in [-0.3, -0.25) is 0 Å². The molecule has 0 spiro atoms. The van der Waals surface area contributed by atoms with E-state index in [2.05, 4.69) is 15.9 Å². The van der Waals surface area contributed by atoms with E-state index in [4.69, 9.17) is 9.84 Å². The van der Waals surface area contributed by atoms with E-state index in [-0.39, 0.29) is 5.56 Å². The molecule has 0 unspecified atom stereocenters. The average molecular weight is 259 g/mol. The molecule has 0 atom stereocenters. The van der Waals surface area contributed by atoms with E-state index in [1.165, 1.54) is 6.07 Å². The Morgan fingerprint density at radius 2 is 2.29 bits per heavy atom. The highest BCUT2D eigenvalue weighted by Gasteiger charge is 2.13. The van der Waals surface area contributed by atoms with Crippen molar-refractivity contribution in [1.29, 1.82) is 0 Å². The molecule has 0 saturated carbocycles. The molecule has 0 aliphatic carbocycles. The number of hydrogen-bond acceptors (Lipinski definition) is 2. The lowest BCUT2D eigenvalue weighted by Crippen LogP contribution is -2.04. The number of rotatable bonds is 4. The monoisotopic (exact) mass is 258 g/mol. The summed E-state index contributed by atoms with van der Waals surface area (Å²) < 4.78 is 6.02. The minimum absolute atomic E-state index is 0.188. The number of carbonyl (C=O) groups is 1. The van der Waals surface area contributed by atoms with E-state index in [1.54, 1.807) is 12.1 Å². The van der Waals surface area contributed by atoms with Crippen LogP contribution in [0.3, 0.4) is 0 Å². The SMILES string of the molecule is CCCOc1c(Br)cccc1C(=O)O. The van der Waals surface area contributed by atoms with Crippen molar-refractivity contribution in [3.05, 3.63) is 28.2 Å². The predicted molar refractivity (Wildman–Crippen MR) is 56.9 cm³/mol. The first kappa shape index (κ1) is 11.0. The second kappa shape index (κ2) is 5.00. The first-order valence-electron chi connectivity index (χ1n) is 4.31. The van der Waals surface area contributed by atoms with E-state index in [0.717, 1.165) is 6.42 Å². The predicted octanol–water partition coefficient (Wildman–Crippen LogP) is 2.94. The number of halogens is 1.